The summed E-state index contributed by atoms with van der Waals surface area (Å²) in [5.41, 5.74) is 2.30. The summed E-state index contributed by atoms with van der Waals surface area (Å²) >= 11 is -5.36. The first-order chi connectivity index (χ1) is 21.0. The van der Waals surface area contributed by atoms with Crippen LogP contribution in [-0.4, -0.2) is 37.4 Å². The van der Waals surface area contributed by atoms with E-state index >= 15 is 0 Å². The van der Waals surface area contributed by atoms with Crippen molar-refractivity contribution in [2.24, 2.45) is 0 Å². The molecule has 0 amide bonds. The van der Waals surface area contributed by atoms with E-state index in [9.17, 15) is 0 Å². The van der Waals surface area contributed by atoms with E-state index in [-0.39, 0.29) is 10.8 Å². The van der Waals surface area contributed by atoms with Gasteiger partial charge in [-0.2, -0.15) is 0 Å². The molecule has 0 saturated carbocycles. The summed E-state index contributed by atoms with van der Waals surface area (Å²) in [7, 11) is 0. The van der Waals surface area contributed by atoms with E-state index in [2.05, 4.69) is 120 Å². The van der Waals surface area contributed by atoms with Crippen LogP contribution in [-0.2, 0) is 10.8 Å². The normalized spacial score (nSPS) is 14.8. The molecule has 0 bridgehead atoms. The van der Waals surface area contributed by atoms with Gasteiger partial charge in [0.25, 0.3) is 0 Å². The Kier molecular flexibility index (Phi) is 5.52. The Bertz CT molecular complexity index is 1930. The van der Waals surface area contributed by atoms with Crippen molar-refractivity contribution in [3.8, 4) is 46.1 Å². The third-order valence-electron chi connectivity index (χ3n) is 9.44. The van der Waals surface area contributed by atoms with Crippen molar-refractivity contribution in [3.05, 3.63) is 90.0 Å². The number of rotatable bonds is 0. The Balaban J connectivity index is 1.29. The maximum absolute atomic E-state index is 6.87. The quantitative estimate of drug-likeness (QED) is 0.207. The second-order valence-electron chi connectivity index (χ2n) is 14.4. The van der Waals surface area contributed by atoms with Crippen LogP contribution in [0.5, 0.6) is 46.1 Å². The van der Waals surface area contributed by atoms with Gasteiger partial charge >= 0.3 is 270 Å². The average molecular weight is 693 g/mol. The molecule has 0 unspecified atom stereocenters. The minimum absolute atomic E-state index is 0.0485. The van der Waals surface area contributed by atoms with Gasteiger partial charge in [0.15, 0.2) is 0 Å². The van der Waals surface area contributed by atoms with Crippen LogP contribution >= 0.6 is 0 Å². The van der Waals surface area contributed by atoms with Gasteiger partial charge in [-0.05, 0) is 0 Å². The van der Waals surface area contributed by atoms with E-state index in [0.717, 1.165) is 50.4 Å². The summed E-state index contributed by atoms with van der Waals surface area (Å²) in [6.07, 6.45) is 0. The Morgan fingerprint density at radius 3 is 1.48 bits per heavy atom. The molecule has 44 heavy (non-hydrogen) atoms. The van der Waals surface area contributed by atoms with Crippen LogP contribution in [0.15, 0.2) is 78.9 Å². The second-order valence-corrected chi connectivity index (χ2v) is 25.5. The van der Waals surface area contributed by atoms with E-state index < -0.39 is 32.4 Å². The monoisotopic (exact) mass is 691 g/mol. The van der Waals surface area contributed by atoms with E-state index in [1.807, 2.05) is 0 Å². The van der Waals surface area contributed by atoms with Gasteiger partial charge in [-0.25, -0.2) is 0 Å². The third-order valence-corrected chi connectivity index (χ3v) is 23.0. The number of ether oxygens (including phenoxy) is 4. The fourth-order valence-corrected chi connectivity index (χ4v) is 20.5. The van der Waals surface area contributed by atoms with E-state index in [1.165, 1.54) is 31.7 Å². The maximum atomic E-state index is 6.87. The Labute approximate surface area is 268 Å². The molecule has 7 heteroatoms. The molecule has 214 valence electrons. The number of para-hydroxylation sites is 2. The van der Waals surface area contributed by atoms with Gasteiger partial charge in [0.1, 0.15) is 0 Å². The number of hydrogen-bond acceptors (Lipinski definition) is 5. The molecule has 9 rings (SSSR count). The summed E-state index contributed by atoms with van der Waals surface area (Å²) in [4.78, 5) is 5.45. The molecule has 0 saturated heterocycles. The Hall–Kier alpha value is -3.50. The molecule has 4 aliphatic heterocycles. The van der Waals surface area contributed by atoms with Crippen molar-refractivity contribution in [1.29, 1.82) is 0 Å². The van der Waals surface area contributed by atoms with Gasteiger partial charge in [-0.15, -0.1) is 0 Å². The molecule has 0 spiro atoms. The second kappa shape index (κ2) is 9.04. The minimum atomic E-state index is -2.71. The molecule has 0 fully saturated rings. The molecule has 4 aliphatic rings. The van der Waals surface area contributed by atoms with E-state index in [0.29, 0.717) is 0 Å². The first-order valence-corrected chi connectivity index (χ1v) is 22.6. The van der Waals surface area contributed by atoms with Crippen molar-refractivity contribution >= 4 is 57.3 Å². The van der Waals surface area contributed by atoms with Crippen LogP contribution < -0.4 is 43.8 Å². The number of hydrogen-bond donors (Lipinski definition) is 0. The third kappa shape index (κ3) is 3.86. The molecule has 0 N–H and O–H groups in total. The fourth-order valence-electron chi connectivity index (χ4n) is 7.06. The van der Waals surface area contributed by atoms with Gasteiger partial charge in [0.2, 0.25) is 0 Å². The predicted molar refractivity (Wildman–Crippen MR) is 177 cm³/mol. The average Bonchev–Trinajstić information content (AvgIpc) is 2.98. The molecule has 1 aromatic heterocycles. The molecular weight excluding hydrogens is 662 g/mol. The van der Waals surface area contributed by atoms with Gasteiger partial charge in [-0.1, -0.05) is 0 Å². The van der Waals surface area contributed by atoms with Crippen LogP contribution in [0.3, 0.4) is 0 Å². The first-order valence-electron chi connectivity index (χ1n) is 15.4. The zero-order valence-electron chi connectivity index (χ0n) is 25.7. The molecule has 0 aliphatic carbocycles. The van der Waals surface area contributed by atoms with Crippen molar-refractivity contribution in [1.82, 2.24) is 4.98 Å². The SMILES string of the molecule is CC(C)(C)c1cc2[c]3c(c1)Oc1n[c]4c(c[c]1[Ga]3[c]1ccccc1O2)Oc1cc(C(C)(C)C)cc2[c]1[Ga]4[c]1ccccc1O2. The molecular formula is C37H31Ga2NO4. The van der Waals surface area contributed by atoms with Crippen LogP contribution in [0.25, 0.3) is 0 Å². The standard InChI is InChI=1S/C37H31NO4.2Ga/c1-36(2,3)26-19-31(39-28-13-9-7-10-14-28)23-33(21-26)41-30-17-18-35(38-25-30)42-34-22-27(37(4,5)6)20-32(24-34)40-29-15-11-8-12-16-29;;/h7-13,15,17,19-22H,1-6H3;;. The molecule has 4 aromatic carbocycles. The summed E-state index contributed by atoms with van der Waals surface area (Å²) in [6.45, 7) is 13.4. The number of benzene rings is 4. The molecule has 5 nitrogen and oxygen atoms in total. The van der Waals surface area contributed by atoms with Crippen LogP contribution in [0.4, 0.5) is 0 Å². The van der Waals surface area contributed by atoms with E-state index in [4.69, 9.17) is 23.9 Å². The fraction of sp³-hybridized carbons (Fsp3) is 0.216. The molecule has 5 heterocycles. The van der Waals surface area contributed by atoms with Gasteiger partial charge in [-0.3, -0.25) is 0 Å². The number of pyridine rings is 1. The molecule has 0 radical (unpaired) electrons. The predicted octanol–water partition coefficient (Wildman–Crippen LogP) is 5.13. The van der Waals surface area contributed by atoms with Crippen LogP contribution in [0, 0.1) is 0 Å². The van der Waals surface area contributed by atoms with Crippen molar-refractivity contribution < 1.29 is 18.9 Å². The molecule has 5 aromatic rings. The zero-order valence-corrected chi connectivity index (χ0v) is 30.6. The topological polar surface area (TPSA) is 49.8 Å². The zero-order chi connectivity index (χ0) is 30.1. The van der Waals surface area contributed by atoms with Crippen molar-refractivity contribution in [2.45, 2.75) is 52.4 Å². The Morgan fingerprint density at radius 1 is 0.477 bits per heavy atom. The van der Waals surface area contributed by atoms with Crippen LogP contribution in [0.2, 0.25) is 0 Å². The summed E-state index contributed by atoms with van der Waals surface area (Å²) in [5.74, 6) is 7.19. The van der Waals surface area contributed by atoms with Crippen LogP contribution in [0.1, 0.15) is 52.7 Å². The first kappa shape index (κ1) is 26.9. The van der Waals surface area contributed by atoms with Gasteiger partial charge in [0.05, 0.1) is 0 Å². The van der Waals surface area contributed by atoms with E-state index in [1.54, 1.807) is 0 Å². The van der Waals surface area contributed by atoms with Gasteiger partial charge in [0, 0.05) is 0 Å². The van der Waals surface area contributed by atoms with Crippen molar-refractivity contribution in [2.75, 3.05) is 0 Å². The Morgan fingerprint density at radius 2 is 0.932 bits per heavy atom. The summed E-state index contributed by atoms with van der Waals surface area (Å²) in [6, 6.07) is 28.2. The summed E-state index contributed by atoms with van der Waals surface area (Å²) in [5, 5.41) is 0. The number of nitrogens with zero attached hydrogens (tertiary/aromatic N) is 1. The van der Waals surface area contributed by atoms with Crippen molar-refractivity contribution in [3.63, 3.8) is 0 Å². The summed E-state index contributed by atoms with van der Waals surface area (Å²) < 4.78 is 34.1. The van der Waals surface area contributed by atoms with Gasteiger partial charge < -0.3 is 0 Å². The number of aromatic nitrogens is 1. The molecule has 0 atom stereocenters. The number of fused-ring (bicyclic) bond motifs is 8.